The van der Waals surface area contributed by atoms with Gasteiger partial charge in [-0.2, -0.15) is 4.98 Å². The van der Waals surface area contributed by atoms with Gasteiger partial charge in [0.2, 0.25) is 5.89 Å². The summed E-state index contributed by atoms with van der Waals surface area (Å²) in [6.45, 7) is 1.91. The zero-order chi connectivity index (χ0) is 15.8. The fourth-order valence-corrected chi connectivity index (χ4v) is 3.23. The monoisotopic (exact) mass is 318 g/mol. The van der Waals surface area contributed by atoms with Gasteiger partial charge in [0.1, 0.15) is 5.82 Å². The van der Waals surface area contributed by atoms with Crippen molar-refractivity contribution in [3.05, 3.63) is 41.6 Å². The predicted molar refractivity (Wildman–Crippen MR) is 79.1 cm³/mol. The number of likely N-dealkylation sites (tertiary alicyclic amines) is 1. The minimum atomic E-state index is -0.301. The molecule has 2 aliphatic rings. The van der Waals surface area contributed by atoms with Gasteiger partial charge in [0.15, 0.2) is 5.82 Å². The molecule has 1 saturated heterocycles. The number of rotatable bonds is 5. The zero-order valence-electron chi connectivity index (χ0n) is 12.7. The van der Waals surface area contributed by atoms with Gasteiger partial charge < -0.3 is 9.63 Å². The summed E-state index contributed by atoms with van der Waals surface area (Å²) in [5.74, 6) is 1.57. The van der Waals surface area contributed by atoms with E-state index >= 15 is 0 Å². The first kappa shape index (κ1) is 14.7. The van der Waals surface area contributed by atoms with Crippen LogP contribution in [0.15, 0.2) is 23.0 Å². The van der Waals surface area contributed by atoms with Crippen LogP contribution in [0.5, 0.6) is 0 Å². The van der Waals surface area contributed by atoms with Crippen LogP contribution in [0.25, 0.3) is 0 Å². The molecule has 2 aromatic heterocycles. The molecule has 6 nitrogen and oxygen atoms in total. The third kappa shape index (κ3) is 2.98. The first-order chi connectivity index (χ1) is 11.2. The molecule has 0 unspecified atom stereocenters. The van der Waals surface area contributed by atoms with E-state index in [0.717, 1.165) is 18.7 Å². The van der Waals surface area contributed by atoms with Crippen LogP contribution in [0, 0.1) is 11.7 Å². The summed E-state index contributed by atoms with van der Waals surface area (Å²) in [6.07, 6.45) is 5.07. The van der Waals surface area contributed by atoms with Gasteiger partial charge in [-0.3, -0.25) is 9.88 Å². The van der Waals surface area contributed by atoms with Crippen molar-refractivity contribution in [2.45, 2.75) is 31.2 Å². The molecule has 2 fully saturated rings. The summed E-state index contributed by atoms with van der Waals surface area (Å²) in [6, 6.07) is 1.69. The summed E-state index contributed by atoms with van der Waals surface area (Å²) >= 11 is 0. The summed E-state index contributed by atoms with van der Waals surface area (Å²) in [7, 11) is 0. The molecular weight excluding hydrogens is 299 g/mol. The number of hydrogen-bond donors (Lipinski definition) is 1. The Morgan fingerprint density at radius 1 is 1.35 bits per heavy atom. The number of aromatic nitrogens is 3. The van der Waals surface area contributed by atoms with Crippen molar-refractivity contribution in [3.8, 4) is 0 Å². The van der Waals surface area contributed by atoms with Crippen molar-refractivity contribution >= 4 is 0 Å². The van der Waals surface area contributed by atoms with E-state index in [-0.39, 0.29) is 24.3 Å². The Hall–Kier alpha value is -1.86. The van der Waals surface area contributed by atoms with Crippen LogP contribution < -0.4 is 0 Å². The number of aliphatic hydroxyl groups excluding tert-OH is 1. The Balaban J connectivity index is 1.48. The van der Waals surface area contributed by atoms with Crippen molar-refractivity contribution in [2.75, 3.05) is 19.7 Å². The van der Waals surface area contributed by atoms with Gasteiger partial charge >= 0.3 is 0 Å². The Labute approximate surface area is 133 Å². The van der Waals surface area contributed by atoms with Crippen LogP contribution in [-0.4, -0.2) is 44.8 Å². The van der Waals surface area contributed by atoms with Gasteiger partial charge in [0, 0.05) is 49.8 Å². The molecule has 0 spiro atoms. The van der Waals surface area contributed by atoms with Crippen molar-refractivity contribution in [3.63, 3.8) is 0 Å². The highest BCUT2D eigenvalue weighted by Gasteiger charge is 2.38. The Bertz CT molecular complexity index is 688. The van der Waals surface area contributed by atoms with Crippen LogP contribution in [-0.2, 0) is 6.54 Å². The number of aliphatic hydroxyl groups is 1. The molecular formula is C16H19FN4O2. The van der Waals surface area contributed by atoms with Gasteiger partial charge in [-0.05, 0) is 18.9 Å². The lowest BCUT2D eigenvalue weighted by Gasteiger charge is -2.15. The molecule has 2 aromatic rings. The highest BCUT2D eigenvalue weighted by molar-refractivity contribution is 5.14. The molecule has 7 heteroatoms. The van der Waals surface area contributed by atoms with Crippen LogP contribution in [0.2, 0.25) is 0 Å². The maximum atomic E-state index is 13.8. The fourth-order valence-electron chi connectivity index (χ4n) is 3.23. The molecule has 0 bridgehead atoms. The molecule has 1 N–H and O–H groups in total. The molecule has 0 radical (unpaired) electrons. The normalized spacial score (nSPS) is 25.1. The average Bonchev–Trinajstić information content (AvgIpc) is 3.15. The van der Waals surface area contributed by atoms with Crippen molar-refractivity contribution in [1.82, 2.24) is 20.0 Å². The number of halogens is 1. The van der Waals surface area contributed by atoms with Crippen LogP contribution in [0.4, 0.5) is 4.39 Å². The molecule has 0 amide bonds. The second-order valence-corrected chi connectivity index (χ2v) is 6.48. The van der Waals surface area contributed by atoms with E-state index in [4.69, 9.17) is 4.52 Å². The van der Waals surface area contributed by atoms with E-state index in [1.54, 1.807) is 12.3 Å². The molecule has 0 aromatic carbocycles. The number of hydrogen-bond acceptors (Lipinski definition) is 6. The summed E-state index contributed by atoms with van der Waals surface area (Å²) < 4.78 is 19.2. The molecule has 23 heavy (non-hydrogen) atoms. The first-order valence-corrected chi connectivity index (χ1v) is 7.99. The SMILES string of the molecule is OC[C@@H]1CN(Cc2ccncc2F)C[C@H]1c1nc(C2CC2)no1. The molecule has 2 atom stereocenters. The first-order valence-electron chi connectivity index (χ1n) is 7.99. The number of pyridine rings is 1. The fraction of sp³-hybridized carbons (Fsp3) is 0.562. The molecule has 122 valence electrons. The topological polar surface area (TPSA) is 75.3 Å². The second kappa shape index (κ2) is 5.98. The molecule has 3 heterocycles. The molecule has 1 aliphatic heterocycles. The second-order valence-electron chi connectivity index (χ2n) is 6.48. The predicted octanol–water partition coefficient (Wildman–Crippen LogP) is 1.69. The van der Waals surface area contributed by atoms with Crippen molar-refractivity contribution < 1.29 is 14.0 Å². The van der Waals surface area contributed by atoms with Gasteiger partial charge in [0.25, 0.3) is 0 Å². The Morgan fingerprint density at radius 2 is 2.22 bits per heavy atom. The molecule has 4 rings (SSSR count). The van der Waals surface area contributed by atoms with E-state index in [0.29, 0.717) is 37.0 Å². The van der Waals surface area contributed by atoms with Crippen molar-refractivity contribution in [1.29, 1.82) is 0 Å². The third-order valence-corrected chi connectivity index (χ3v) is 4.72. The Morgan fingerprint density at radius 3 is 2.96 bits per heavy atom. The van der Waals surface area contributed by atoms with E-state index in [1.807, 2.05) is 0 Å². The third-order valence-electron chi connectivity index (χ3n) is 4.72. The Kier molecular flexibility index (Phi) is 3.82. The lowest BCUT2D eigenvalue weighted by Crippen LogP contribution is -2.21. The smallest absolute Gasteiger partial charge is 0.231 e. The van der Waals surface area contributed by atoms with Gasteiger partial charge in [-0.15, -0.1) is 0 Å². The molecule has 1 aliphatic carbocycles. The summed E-state index contributed by atoms with van der Waals surface area (Å²) in [5.41, 5.74) is 0.613. The van der Waals surface area contributed by atoms with Gasteiger partial charge in [-0.25, -0.2) is 4.39 Å². The van der Waals surface area contributed by atoms with Crippen molar-refractivity contribution in [2.24, 2.45) is 5.92 Å². The average molecular weight is 318 g/mol. The standard InChI is InChI=1S/C16H19FN4O2/c17-14-5-18-4-3-11(14)6-21-7-12(9-22)13(8-21)16-19-15(20-23-16)10-1-2-10/h3-5,10,12-13,22H,1-2,6-9H2/t12-,13+/m0/s1. The van der Waals surface area contributed by atoms with E-state index in [9.17, 15) is 9.50 Å². The lowest BCUT2D eigenvalue weighted by atomic mass is 9.97. The van der Waals surface area contributed by atoms with Gasteiger partial charge in [0.05, 0.1) is 12.1 Å². The summed E-state index contributed by atoms with van der Waals surface area (Å²) in [4.78, 5) is 10.4. The maximum absolute atomic E-state index is 13.8. The minimum absolute atomic E-state index is 0.00454. The number of nitrogens with zero attached hydrogens (tertiary/aromatic N) is 4. The van der Waals surface area contributed by atoms with E-state index in [2.05, 4.69) is 20.0 Å². The van der Waals surface area contributed by atoms with E-state index < -0.39 is 0 Å². The highest BCUT2D eigenvalue weighted by atomic mass is 19.1. The zero-order valence-corrected chi connectivity index (χ0v) is 12.7. The molecule has 1 saturated carbocycles. The highest BCUT2D eigenvalue weighted by Crippen LogP contribution is 2.40. The minimum Gasteiger partial charge on any atom is -0.396 e. The van der Waals surface area contributed by atoms with E-state index in [1.165, 1.54) is 6.20 Å². The summed E-state index contributed by atoms with van der Waals surface area (Å²) in [5, 5.41) is 13.7. The van der Waals surface area contributed by atoms with Gasteiger partial charge in [-0.1, -0.05) is 5.16 Å². The van der Waals surface area contributed by atoms with Crippen LogP contribution >= 0.6 is 0 Å². The quantitative estimate of drug-likeness (QED) is 0.904. The van der Waals surface area contributed by atoms with Crippen LogP contribution in [0.3, 0.4) is 0 Å². The van der Waals surface area contributed by atoms with Crippen LogP contribution in [0.1, 0.15) is 42.0 Å². The largest absolute Gasteiger partial charge is 0.396 e. The maximum Gasteiger partial charge on any atom is 0.231 e. The lowest BCUT2D eigenvalue weighted by molar-refractivity contribution is 0.204.